The van der Waals surface area contributed by atoms with Gasteiger partial charge in [0.2, 0.25) is 0 Å². The number of fused-ring (bicyclic) bond motifs is 2. The molecule has 2 heterocycles. The Morgan fingerprint density at radius 3 is 2.76 bits per heavy atom. The first-order valence-electron chi connectivity index (χ1n) is 11.1. The summed E-state index contributed by atoms with van der Waals surface area (Å²) in [6, 6.07) is 21.4. The van der Waals surface area contributed by atoms with Crippen LogP contribution in [0, 0.1) is 5.82 Å². The molecule has 0 fully saturated rings. The predicted molar refractivity (Wildman–Crippen MR) is 128 cm³/mol. The Hall–Kier alpha value is -3.84. The van der Waals surface area contributed by atoms with Crippen molar-refractivity contribution in [2.75, 3.05) is 20.3 Å². The molecule has 0 amide bonds. The highest BCUT2D eigenvalue weighted by Crippen LogP contribution is 2.30. The Kier molecular flexibility index (Phi) is 6.18. The number of ether oxygens (including phenoxy) is 3. The Labute approximate surface area is 196 Å². The van der Waals surface area contributed by atoms with Gasteiger partial charge in [-0.3, -0.25) is 4.79 Å². The monoisotopic (exact) mass is 460 g/mol. The van der Waals surface area contributed by atoms with Crippen LogP contribution in [0.2, 0.25) is 0 Å². The Morgan fingerprint density at radius 1 is 1.06 bits per heavy atom. The van der Waals surface area contributed by atoms with E-state index in [9.17, 15) is 9.18 Å². The molecule has 0 aliphatic carbocycles. The van der Waals surface area contributed by atoms with E-state index in [1.807, 2.05) is 54.6 Å². The SMILES string of the molecule is COc1cccc(Cn2c(=O)c(CNCC3COc4ccccc4O3)cc3ccc(F)cc32)c1. The third kappa shape index (κ3) is 4.61. The summed E-state index contributed by atoms with van der Waals surface area (Å²) < 4.78 is 32.7. The largest absolute Gasteiger partial charge is 0.497 e. The third-order valence-electron chi connectivity index (χ3n) is 5.86. The summed E-state index contributed by atoms with van der Waals surface area (Å²) in [4.78, 5) is 13.4. The molecule has 4 aromatic rings. The van der Waals surface area contributed by atoms with Crippen LogP contribution in [0.25, 0.3) is 10.9 Å². The number of pyridine rings is 1. The number of rotatable bonds is 7. The minimum absolute atomic E-state index is 0.163. The van der Waals surface area contributed by atoms with Crippen molar-refractivity contribution in [1.29, 1.82) is 0 Å². The van der Waals surface area contributed by atoms with E-state index in [1.54, 1.807) is 17.7 Å². The lowest BCUT2D eigenvalue weighted by Crippen LogP contribution is -2.39. The van der Waals surface area contributed by atoms with E-state index in [1.165, 1.54) is 12.1 Å². The van der Waals surface area contributed by atoms with Crippen LogP contribution in [0.4, 0.5) is 4.39 Å². The zero-order valence-electron chi connectivity index (χ0n) is 18.8. The first-order valence-corrected chi connectivity index (χ1v) is 11.1. The minimum Gasteiger partial charge on any atom is -0.497 e. The van der Waals surface area contributed by atoms with E-state index in [0.29, 0.717) is 48.8 Å². The minimum atomic E-state index is -0.383. The van der Waals surface area contributed by atoms with Crippen LogP contribution in [-0.4, -0.2) is 30.9 Å². The highest BCUT2D eigenvalue weighted by Gasteiger charge is 2.20. The van der Waals surface area contributed by atoms with Crippen molar-refractivity contribution in [3.63, 3.8) is 0 Å². The van der Waals surface area contributed by atoms with Crippen molar-refractivity contribution in [2.24, 2.45) is 0 Å². The fourth-order valence-corrected chi connectivity index (χ4v) is 4.17. The summed E-state index contributed by atoms with van der Waals surface area (Å²) in [5.41, 5.74) is 1.87. The number of nitrogens with zero attached hydrogens (tertiary/aromatic N) is 1. The van der Waals surface area contributed by atoms with Crippen LogP contribution in [0.5, 0.6) is 17.2 Å². The molecular weight excluding hydrogens is 435 g/mol. The van der Waals surface area contributed by atoms with E-state index in [0.717, 1.165) is 16.7 Å². The molecule has 0 spiro atoms. The zero-order chi connectivity index (χ0) is 23.5. The summed E-state index contributed by atoms with van der Waals surface area (Å²) in [7, 11) is 1.60. The van der Waals surface area contributed by atoms with E-state index in [2.05, 4.69) is 5.32 Å². The van der Waals surface area contributed by atoms with Gasteiger partial charge in [-0.05, 0) is 59.5 Å². The van der Waals surface area contributed by atoms with Crippen LogP contribution in [0.15, 0.2) is 77.6 Å². The molecule has 1 aliphatic heterocycles. The molecule has 174 valence electrons. The van der Waals surface area contributed by atoms with E-state index >= 15 is 0 Å². The number of para-hydroxylation sites is 2. The van der Waals surface area contributed by atoms with Gasteiger partial charge in [-0.1, -0.05) is 24.3 Å². The Bertz CT molecular complexity index is 1380. The normalized spacial score (nSPS) is 14.8. The molecule has 34 heavy (non-hydrogen) atoms. The van der Waals surface area contributed by atoms with Gasteiger partial charge in [0.25, 0.3) is 5.56 Å². The van der Waals surface area contributed by atoms with Crippen molar-refractivity contribution in [1.82, 2.24) is 9.88 Å². The zero-order valence-corrected chi connectivity index (χ0v) is 18.8. The number of halogens is 1. The predicted octanol–water partition coefficient (Wildman–Crippen LogP) is 4.13. The first-order chi connectivity index (χ1) is 16.6. The Morgan fingerprint density at radius 2 is 1.91 bits per heavy atom. The standard InChI is InChI=1S/C27H25FN2O4/c1-32-22-6-4-5-18(11-22)16-30-24-13-21(28)10-9-19(24)12-20(27(30)31)14-29-15-23-17-33-25-7-2-3-8-26(25)34-23/h2-13,23,29H,14-17H2,1H3. The number of hydrogen-bond acceptors (Lipinski definition) is 5. The average molecular weight is 461 g/mol. The highest BCUT2D eigenvalue weighted by atomic mass is 19.1. The lowest BCUT2D eigenvalue weighted by atomic mass is 10.1. The van der Waals surface area contributed by atoms with Crippen molar-refractivity contribution in [3.05, 3.63) is 100 Å². The molecule has 6 nitrogen and oxygen atoms in total. The quantitative estimate of drug-likeness (QED) is 0.450. The van der Waals surface area contributed by atoms with E-state index in [4.69, 9.17) is 14.2 Å². The molecule has 3 aromatic carbocycles. The summed E-state index contributed by atoms with van der Waals surface area (Å²) in [6.07, 6.45) is -0.163. The summed E-state index contributed by atoms with van der Waals surface area (Å²) in [5.74, 6) is 1.77. The van der Waals surface area contributed by atoms with Gasteiger partial charge < -0.3 is 24.1 Å². The van der Waals surface area contributed by atoms with E-state index < -0.39 is 0 Å². The number of nitrogens with one attached hydrogen (secondary N) is 1. The lowest BCUT2D eigenvalue weighted by molar-refractivity contribution is 0.0902. The van der Waals surface area contributed by atoms with Crippen LogP contribution in [0.3, 0.4) is 0 Å². The molecule has 0 bridgehead atoms. The average Bonchev–Trinajstić information content (AvgIpc) is 2.86. The van der Waals surface area contributed by atoms with Gasteiger partial charge in [-0.25, -0.2) is 4.39 Å². The summed E-state index contributed by atoms with van der Waals surface area (Å²) >= 11 is 0. The van der Waals surface area contributed by atoms with Gasteiger partial charge in [0, 0.05) is 18.7 Å². The smallest absolute Gasteiger partial charge is 0.255 e. The van der Waals surface area contributed by atoms with Crippen LogP contribution >= 0.6 is 0 Å². The van der Waals surface area contributed by atoms with Gasteiger partial charge in [0.05, 0.1) is 19.2 Å². The number of benzene rings is 3. The fraction of sp³-hybridized carbons (Fsp3) is 0.222. The molecule has 0 saturated carbocycles. The second kappa shape index (κ2) is 9.57. The summed E-state index contributed by atoms with van der Waals surface area (Å²) in [6.45, 7) is 1.61. The molecule has 1 aliphatic rings. The van der Waals surface area contributed by atoms with Gasteiger partial charge in [0.15, 0.2) is 11.5 Å². The van der Waals surface area contributed by atoms with Crippen molar-refractivity contribution in [2.45, 2.75) is 19.2 Å². The van der Waals surface area contributed by atoms with Crippen LogP contribution < -0.4 is 25.1 Å². The second-order valence-corrected chi connectivity index (χ2v) is 8.24. The highest BCUT2D eigenvalue weighted by molar-refractivity contribution is 5.79. The van der Waals surface area contributed by atoms with Crippen LogP contribution in [0.1, 0.15) is 11.1 Å². The van der Waals surface area contributed by atoms with Gasteiger partial charge in [-0.2, -0.15) is 0 Å². The van der Waals surface area contributed by atoms with Gasteiger partial charge >= 0.3 is 0 Å². The maximum absolute atomic E-state index is 14.0. The topological polar surface area (TPSA) is 61.7 Å². The molecule has 1 atom stereocenters. The van der Waals surface area contributed by atoms with Gasteiger partial charge in [-0.15, -0.1) is 0 Å². The van der Waals surface area contributed by atoms with Crippen molar-refractivity contribution >= 4 is 10.9 Å². The molecular formula is C27H25FN2O4. The molecule has 7 heteroatoms. The maximum Gasteiger partial charge on any atom is 0.255 e. The molecule has 1 aromatic heterocycles. The molecule has 0 radical (unpaired) electrons. The fourth-order valence-electron chi connectivity index (χ4n) is 4.17. The second-order valence-electron chi connectivity index (χ2n) is 8.24. The lowest BCUT2D eigenvalue weighted by Gasteiger charge is -2.26. The number of methoxy groups -OCH3 is 1. The maximum atomic E-state index is 14.0. The number of aromatic nitrogens is 1. The third-order valence-corrected chi connectivity index (χ3v) is 5.86. The number of hydrogen-bond donors (Lipinski definition) is 1. The molecule has 1 N–H and O–H groups in total. The molecule has 5 rings (SSSR count). The van der Waals surface area contributed by atoms with E-state index in [-0.39, 0.29) is 17.5 Å². The van der Waals surface area contributed by atoms with Crippen LogP contribution in [-0.2, 0) is 13.1 Å². The van der Waals surface area contributed by atoms with Gasteiger partial charge in [0.1, 0.15) is 24.3 Å². The molecule has 1 unspecified atom stereocenters. The molecule has 0 saturated heterocycles. The Balaban J connectivity index is 1.38. The first kappa shape index (κ1) is 22.0. The van der Waals surface area contributed by atoms with Crippen molar-refractivity contribution < 1.29 is 18.6 Å². The summed E-state index contributed by atoms with van der Waals surface area (Å²) in [5, 5.41) is 4.11. The van der Waals surface area contributed by atoms with Crippen molar-refractivity contribution in [3.8, 4) is 17.2 Å².